The number of aliphatic carboxylic acids is 1. The van der Waals surface area contributed by atoms with Crippen LogP contribution in [0.1, 0.15) is 24.8 Å². The van der Waals surface area contributed by atoms with Gasteiger partial charge in [0.05, 0.1) is 24.0 Å². The molecule has 2 unspecified atom stereocenters. The second-order valence-electron chi connectivity index (χ2n) is 5.32. The highest BCUT2D eigenvalue weighted by Crippen LogP contribution is 2.31. The summed E-state index contributed by atoms with van der Waals surface area (Å²) in [6.45, 7) is 0.442. The number of hydrogen-bond donors (Lipinski definition) is 2. The summed E-state index contributed by atoms with van der Waals surface area (Å²) in [7, 11) is 0. The monoisotopic (exact) mass is 331 g/mol. The number of benzene rings is 1. The molecular weight excluding hydrogens is 315 g/mol. The number of carbonyl (C=O) groups is 2. The molecule has 5 nitrogen and oxygen atoms in total. The standard InChI is InChI=1S/C15H16F3NO4/c16-15(17,18)9-3-1-4-10(7-9)19-14(22)11(8-13(20)21)12-5-2-6-23-12/h1,3-4,7,11-12H,2,5-6,8H2,(H,19,22)(H,20,21). The van der Waals surface area contributed by atoms with Crippen LogP contribution < -0.4 is 5.32 Å². The van der Waals surface area contributed by atoms with E-state index in [-0.39, 0.29) is 5.69 Å². The number of nitrogens with one attached hydrogen (secondary N) is 1. The van der Waals surface area contributed by atoms with E-state index in [4.69, 9.17) is 9.84 Å². The number of carboxylic acids is 1. The second kappa shape index (κ2) is 6.99. The Bertz CT molecular complexity index is 582. The largest absolute Gasteiger partial charge is 0.481 e. The van der Waals surface area contributed by atoms with Crippen molar-refractivity contribution in [1.82, 2.24) is 0 Å². The second-order valence-corrected chi connectivity index (χ2v) is 5.32. The molecule has 2 N–H and O–H groups in total. The van der Waals surface area contributed by atoms with E-state index in [0.717, 1.165) is 18.6 Å². The average Bonchev–Trinajstić information content (AvgIpc) is 2.97. The number of halogens is 3. The zero-order valence-corrected chi connectivity index (χ0v) is 12.1. The first-order valence-corrected chi connectivity index (χ1v) is 7.09. The Labute approximate surface area is 130 Å². The number of ether oxygens (including phenoxy) is 1. The smallest absolute Gasteiger partial charge is 0.416 e. The summed E-state index contributed by atoms with van der Waals surface area (Å²) in [5.74, 6) is -2.76. The number of carboxylic acid groups (broad SMARTS) is 1. The maximum Gasteiger partial charge on any atom is 0.416 e. The summed E-state index contributed by atoms with van der Waals surface area (Å²) < 4.78 is 43.4. The van der Waals surface area contributed by atoms with Crippen LogP contribution in [0.15, 0.2) is 24.3 Å². The van der Waals surface area contributed by atoms with Gasteiger partial charge in [-0.1, -0.05) is 6.07 Å². The van der Waals surface area contributed by atoms with Gasteiger partial charge >= 0.3 is 12.1 Å². The molecule has 0 radical (unpaired) electrons. The number of anilines is 1. The molecule has 1 heterocycles. The van der Waals surface area contributed by atoms with Gasteiger partial charge in [0.15, 0.2) is 0 Å². The van der Waals surface area contributed by atoms with Crippen LogP contribution in [0.4, 0.5) is 18.9 Å². The number of carbonyl (C=O) groups excluding carboxylic acids is 1. The summed E-state index contributed by atoms with van der Waals surface area (Å²) in [6, 6.07) is 4.20. The molecule has 1 aromatic rings. The third kappa shape index (κ3) is 4.69. The van der Waals surface area contributed by atoms with E-state index in [1.165, 1.54) is 12.1 Å². The predicted octanol–water partition coefficient (Wildman–Crippen LogP) is 2.91. The Kier molecular flexibility index (Phi) is 5.25. The molecule has 126 valence electrons. The molecule has 2 atom stereocenters. The molecule has 1 saturated heterocycles. The molecule has 2 rings (SSSR count). The van der Waals surface area contributed by atoms with Crippen molar-refractivity contribution in [3.8, 4) is 0 Å². The molecule has 1 aliphatic heterocycles. The van der Waals surface area contributed by atoms with Crippen molar-refractivity contribution in [3.63, 3.8) is 0 Å². The SMILES string of the molecule is O=C(O)CC(C(=O)Nc1cccc(C(F)(F)F)c1)C1CCCO1. The van der Waals surface area contributed by atoms with E-state index in [1.54, 1.807) is 0 Å². The Balaban J connectivity index is 2.13. The van der Waals surface area contributed by atoms with E-state index < -0.39 is 42.1 Å². The third-order valence-electron chi connectivity index (χ3n) is 3.60. The van der Waals surface area contributed by atoms with Gasteiger partial charge in [0.2, 0.25) is 5.91 Å². The van der Waals surface area contributed by atoms with E-state index in [1.807, 2.05) is 0 Å². The minimum atomic E-state index is -4.52. The van der Waals surface area contributed by atoms with Gasteiger partial charge in [-0.2, -0.15) is 13.2 Å². The van der Waals surface area contributed by atoms with Gasteiger partial charge in [-0.05, 0) is 31.0 Å². The quantitative estimate of drug-likeness (QED) is 0.870. The molecule has 1 aromatic carbocycles. The zero-order chi connectivity index (χ0) is 17.0. The van der Waals surface area contributed by atoms with Crippen LogP contribution in [0.25, 0.3) is 0 Å². The first-order chi connectivity index (χ1) is 10.8. The fourth-order valence-electron chi connectivity index (χ4n) is 2.51. The molecule has 1 amide bonds. The number of rotatable bonds is 5. The highest BCUT2D eigenvalue weighted by molar-refractivity contribution is 5.94. The van der Waals surface area contributed by atoms with Crippen LogP contribution in [0, 0.1) is 5.92 Å². The highest BCUT2D eigenvalue weighted by atomic mass is 19.4. The van der Waals surface area contributed by atoms with Crippen LogP contribution in [-0.2, 0) is 20.5 Å². The van der Waals surface area contributed by atoms with Crippen LogP contribution >= 0.6 is 0 Å². The van der Waals surface area contributed by atoms with Crippen LogP contribution in [0.5, 0.6) is 0 Å². The maximum absolute atomic E-state index is 12.7. The van der Waals surface area contributed by atoms with E-state index in [2.05, 4.69) is 5.32 Å². The molecular formula is C15H16F3NO4. The Morgan fingerprint density at radius 2 is 2.13 bits per heavy atom. The van der Waals surface area contributed by atoms with Crippen LogP contribution in [0.2, 0.25) is 0 Å². The van der Waals surface area contributed by atoms with Crippen molar-refractivity contribution in [2.24, 2.45) is 5.92 Å². The van der Waals surface area contributed by atoms with Gasteiger partial charge in [0.25, 0.3) is 0 Å². The minimum absolute atomic E-state index is 0.0294. The first kappa shape index (κ1) is 17.3. The van der Waals surface area contributed by atoms with Crippen molar-refractivity contribution < 1.29 is 32.6 Å². The minimum Gasteiger partial charge on any atom is -0.481 e. The van der Waals surface area contributed by atoms with E-state index in [9.17, 15) is 22.8 Å². The van der Waals surface area contributed by atoms with Crippen molar-refractivity contribution in [2.75, 3.05) is 11.9 Å². The number of amides is 1. The molecule has 0 bridgehead atoms. The number of alkyl halides is 3. The third-order valence-corrected chi connectivity index (χ3v) is 3.60. The Hall–Kier alpha value is -2.09. The van der Waals surface area contributed by atoms with Gasteiger partial charge < -0.3 is 15.2 Å². The molecule has 23 heavy (non-hydrogen) atoms. The average molecular weight is 331 g/mol. The van der Waals surface area contributed by atoms with Gasteiger partial charge in [0, 0.05) is 12.3 Å². The van der Waals surface area contributed by atoms with Crippen molar-refractivity contribution >= 4 is 17.6 Å². The fraction of sp³-hybridized carbons (Fsp3) is 0.467. The van der Waals surface area contributed by atoms with Crippen LogP contribution in [0.3, 0.4) is 0 Å². The normalized spacial score (nSPS) is 19.3. The van der Waals surface area contributed by atoms with Gasteiger partial charge in [-0.15, -0.1) is 0 Å². The van der Waals surface area contributed by atoms with Gasteiger partial charge in [0.1, 0.15) is 0 Å². The zero-order valence-electron chi connectivity index (χ0n) is 12.1. The maximum atomic E-state index is 12.7. The predicted molar refractivity (Wildman–Crippen MR) is 74.8 cm³/mol. The molecule has 0 spiro atoms. The summed E-state index contributed by atoms with van der Waals surface area (Å²) in [5.41, 5.74) is -0.916. The topological polar surface area (TPSA) is 75.6 Å². The molecule has 0 saturated carbocycles. The lowest BCUT2D eigenvalue weighted by Crippen LogP contribution is -2.34. The lowest BCUT2D eigenvalue weighted by Gasteiger charge is -2.21. The Morgan fingerprint density at radius 3 is 2.70 bits per heavy atom. The highest BCUT2D eigenvalue weighted by Gasteiger charge is 2.34. The number of hydrogen-bond acceptors (Lipinski definition) is 3. The summed E-state index contributed by atoms with van der Waals surface area (Å²) >= 11 is 0. The van der Waals surface area contributed by atoms with Crippen LogP contribution in [-0.4, -0.2) is 29.7 Å². The van der Waals surface area contributed by atoms with Crippen molar-refractivity contribution in [1.29, 1.82) is 0 Å². The summed E-state index contributed by atoms with van der Waals surface area (Å²) in [5, 5.41) is 11.3. The van der Waals surface area contributed by atoms with Crippen molar-refractivity contribution in [2.45, 2.75) is 31.5 Å². The van der Waals surface area contributed by atoms with Gasteiger partial charge in [-0.25, -0.2) is 0 Å². The fourth-order valence-corrected chi connectivity index (χ4v) is 2.51. The molecule has 8 heteroatoms. The summed E-state index contributed by atoms with van der Waals surface area (Å²) in [6.07, 6.45) is -4.21. The lowest BCUT2D eigenvalue weighted by molar-refractivity contribution is -0.142. The first-order valence-electron chi connectivity index (χ1n) is 7.09. The molecule has 1 fully saturated rings. The van der Waals surface area contributed by atoms with E-state index >= 15 is 0 Å². The molecule has 0 aromatic heterocycles. The lowest BCUT2D eigenvalue weighted by atomic mass is 9.95. The Morgan fingerprint density at radius 1 is 1.39 bits per heavy atom. The van der Waals surface area contributed by atoms with Gasteiger partial charge in [-0.3, -0.25) is 9.59 Å². The molecule has 0 aliphatic carbocycles. The molecule has 1 aliphatic rings. The van der Waals surface area contributed by atoms with E-state index in [0.29, 0.717) is 13.0 Å². The summed E-state index contributed by atoms with van der Waals surface area (Å²) in [4.78, 5) is 23.2. The van der Waals surface area contributed by atoms with Crippen molar-refractivity contribution in [3.05, 3.63) is 29.8 Å².